The van der Waals surface area contributed by atoms with Gasteiger partial charge in [-0.1, -0.05) is 135 Å². The molecule has 10 amide bonds. The van der Waals surface area contributed by atoms with Crippen LogP contribution < -0.4 is 43.4 Å². The molecular weight excluding hydrogens is 1710 g/mol. The third-order valence-electron chi connectivity index (χ3n) is 16.5. The Bertz CT molecular complexity index is 4330. The van der Waals surface area contributed by atoms with Crippen LogP contribution in [0.15, 0.2) is 127 Å². The van der Waals surface area contributed by atoms with Crippen molar-refractivity contribution in [2.24, 2.45) is 11.5 Å². The van der Waals surface area contributed by atoms with Crippen molar-refractivity contribution in [1.82, 2.24) is 41.7 Å². The van der Waals surface area contributed by atoms with E-state index in [1.807, 2.05) is 78.9 Å². The highest BCUT2D eigenvalue weighted by Gasteiger charge is 2.33. The number of nitrogens with one attached hydrogen (secondary N) is 6. The number of amides is 10. The first-order chi connectivity index (χ1) is 61.6. The predicted molar refractivity (Wildman–Crippen MR) is 498 cm³/mol. The number of Topliss-reactive ketones (excluding diaryl/α,β-unsaturated/α-hetero) is 7. The molecule has 3 aliphatic rings. The average Bonchev–Trinajstić information content (AvgIpc) is 1.62. The summed E-state index contributed by atoms with van der Waals surface area (Å²) in [6.07, 6.45) is 2.20. The molecule has 1 saturated heterocycles. The Morgan fingerprint density at radius 2 is 0.727 bits per heavy atom. The van der Waals surface area contributed by atoms with Gasteiger partial charge in [0.05, 0.1) is 6.54 Å². The fourth-order valence-electron chi connectivity index (χ4n) is 10.7. The van der Waals surface area contributed by atoms with Crippen molar-refractivity contribution in [2.45, 2.75) is 225 Å². The SMILES string of the molecule is C.CC(=O)CCN.CC(=O)CCNC(=O)OC(C)(C)C.CC(=O)CCNC(=O)OCC1c2ccccc2-c2ccccc21.CC(=O)CCNC(=O)OCc1ccccc1.CC(=O)CCNC(C)=O.CC(=O)CCNC=O.CC(=O)CNC(=O)OCC1c2ccccc2-c2ccccc21.CC(C)(C)OC(=O)N(CCC=O)C(=O)OC(C)(C)C.NCC=O.O=CCCN1C(=O)CCC1=O. The van der Waals surface area contributed by atoms with Crippen molar-refractivity contribution in [2.75, 3.05) is 78.7 Å². The number of carbonyl (C=O) groups excluding carboxylic acids is 20. The molecule has 5 aromatic carbocycles. The highest BCUT2D eigenvalue weighted by molar-refractivity contribution is 6.02. The first-order valence-corrected chi connectivity index (χ1v) is 42.4. The van der Waals surface area contributed by atoms with Gasteiger partial charge in [-0.2, -0.15) is 0 Å². The summed E-state index contributed by atoms with van der Waals surface area (Å²) in [5.74, 6) is 0.0962. The van der Waals surface area contributed by atoms with E-state index in [4.69, 9.17) is 38.9 Å². The van der Waals surface area contributed by atoms with Crippen LogP contribution in [0.5, 0.6) is 0 Å². The number of ketones is 7. The second kappa shape index (κ2) is 69.6. The van der Waals surface area contributed by atoms with E-state index in [-0.39, 0.29) is 130 Å². The molecule has 0 aromatic heterocycles. The van der Waals surface area contributed by atoms with Crippen molar-refractivity contribution in [3.8, 4) is 22.3 Å². The molecule has 0 saturated carbocycles. The van der Waals surface area contributed by atoms with E-state index in [0.717, 1.165) is 15.4 Å². The van der Waals surface area contributed by atoms with Crippen LogP contribution in [0.1, 0.15) is 229 Å². The molecular formula is C96H138N10O26. The van der Waals surface area contributed by atoms with Crippen LogP contribution in [0.2, 0.25) is 0 Å². The maximum absolute atomic E-state index is 11.9. The molecule has 0 unspecified atom stereocenters. The second-order valence-electron chi connectivity index (χ2n) is 32.0. The lowest BCUT2D eigenvalue weighted by Gasteiger charge is -2.28. The lowest BCUT2D eigenvalue weighted by atomic mass is 9.98. The van der Waals surface area contributed by atoms with Gasteiger partial charge in [0.2, 0.25) is 24.1 Å². The Labute approximate surface area is 774 Å². The molecule has 8 rings (SSSR count). The molecule has 1 heterocycles. The molecule has 0 radical (unpaired) electrons. The average molecular weight is 1850 g/mol. The second-order valence-corrected chi connectivity index (χ2v) is 32.0. The molecule has 2 aliphatic carbocycles. The third-order valence-corrected chi connectivity index (χ3v) is 16.5. The largest absolute Gasteiger partial charge is 0.449 e. The first kappa shape index (κ1) is 123. The van der Waals surface area contributed by atoms with Gasteiger partial charge in [0.1, 0.15) is 96.0 Å². The van der Waals surface area contributed by atoms with Crippen LogP contribution in [0.25, 0.3) is 22.3 Å². The molecule has 0 atom stereocenters. The van der Waals surface area contributed by atoms with E-state index in [9.17, 15) is 91.1 Å². The van der Waals surface area contributed by atoms with Crippen LogP contribution in [-0.4, -0.2) is 225 Å². The van der Waals surface area contributed by atoms with Crippen LogP contribution in [0.3, 0.4) is 0 Å². The summed E-state index contributed by atoms with van der Waals surface area (Å²) in [6.45, 7) is 30.9. The van der Waals surface area contributed by atoms with Crippen molar-refractivity contribution in [1.29, 1.82) is 0 Å². The number of nitrogens with two attached hydrogens (primary N) is 2. The normalized spacial score (nSPS) is 11.2. The number of hydrogen-bond donors (Lipinski definition) is 8. The monoisotopic (exact) mass is 1850 g/mol. The van der Waals surface area contributed by atoms with Gasteiger partial charge in [0.25, 0.3) is 0 Å². The van der Waals surface area contributed by atoms with E-state index in [1.165, 1.54) is 99.9 Å². The van der Waals surface area contributed by atoms with Gasteiger partial charge in [-0.15, -0.1) is 0 Å². The van der Waals surface area contributed by atoms with Crippen LogP contribution in [0, 0.1) is 0 Å². The van der Waals surface area contributed by atoms with E-state index >= 15 is 0 Å². The quantitative estimate of drug-likeness (QED) is 0.00837. The summed E-state index contributed by atoms with van der Waals surface area (Å²) in [4.78, 5) is 215. The number of imide groups is 2. The highest BCUT2D eigenvalue weighted by atomic mass is 16.6. The number of carbonyl (C=O) groups is 20. The molecule has 728 valence electrons. The topological polar surface area (TPSA) is 527 Å². The standard InChI is InChI=1S/C19H19NO3.C18H17NO3.C13H23NO5.C12H15NO3.C9H17NO3.C7H9NO3.C6H11NO2.C5H9NO2.C4H9NO.C2H5NO.CH4/c1-13(21)10-11-20-19(22)23-12-18-16-8-4-2-6-14(16)15-7-3-5-9-17(15)18;1-12(20)10-19-18(21)22-11-17-15-8-4-2-6-13(15)14-7-3-5-9-16(14)17;1-12(2,3)18-10(16)14(8-7-9-15)11(17)19-13(4,5)6;1-10(14)7-8-13-12(15)16-9-11-5-3-2-4-6-11;1-7(11)5-6-10-8(12)13-9(2,3)4;9-5-1-4-8-6(10)2-3-7(8)11;1-5(8)3-4-7-6(2)9;1-5(8)2-3-6-4-7;1-4(6)2-3-5;3-1-2-4;/h2-9,18H,10-12H2,1H3,(H,20,22);2-9,17H,10-11H2,1H3,(H,19,21);9H,7-8H2,1-6H3;2-6H,7-9H2,1H3,(H,13,15);5-6H2,1-4H3,(H,10,12);5H,1-4H2;3-4H2,1-2H3,(H,7,9);4H,2-3H2,1H3,(H,6,7);2-3,5H2,1H3;2H,1,3H2;1H4. The van der Waals surface area contributed by atoms with E-state index in [1.54, 1.807) is 62.3 Å². The van der Waals surface area contributed by atoms with Crippen LogP contribution >= 0.6 is 0 Å². The molecule has 36 heteroatoms. The number of aldehydes is 3. The summed E-state index contributed by atoms with van der Waals surface area (Å²) in [7, 11) is 0. The molecule has 0 bridgehead atoms. The van der Waals surface area contributed by atoms with Gasteiger partial charge in [-0.05, 0) is 167 Å². The Hall–Kier alpha value is -13.4. The Morgan fingerprint density at radius 1 is 0.402 bits per heavy atom. The fraction of sp³-hybridized carbons (Fsp3) is 0.479. The number of benzene rings is 5. The third kappa shape index (κ3) is 61.2. The maximum Gasteiger partial charge on any atom is 0.419 e. The van der Waals surface area contributed by atoms with Gasteiger partial charge in [0.15, 0.2) is 0 Å². The number of rotatable bonds is 33. The lowest BCUT2D eigenvalue weighted by Crippen LogP contribution is -2.44. The minimum atomic E-state index is -0.816. The molecule has 10 N–H and O–H groups in total. The number of hydrogen-bond acceptors (Lipinski definition) is 28. The van der Waals surface area contributed by atoms with Crippen molar-refractivity contribution in [3.63, 3.8) is 0 Å². The zero-order valence-corrected chi connectivity index (χ0v) is 78.5. The summed E-state index contributed by atoms with van der Waals surface area (Å²) in [5.41, 5.74) is 18.2. The van der Waals surface area contributed by atoms with Gasteiger partial charge in [0, 0.05) is 135 Å². The molecule has 1 fully saturated rings. The Kier molecular flexibility index (Phi) is 64.7. The van der Waals surface area contributed by atoms with Crippen LogP contribution in [-0.2, 0) is 102 Å². The maximum atomic E-state index is 11.9. The van der Waals surface area contributed by atoms with Crippen molar-refractivity contribution in [3.05, 3.63) is 155 Å². The zero-order valence-electron chi connectivity index (χ0n) is 78.5. The van der Waals surface area contributed by atoms with Gasteiger partial charge in [-0.3, -0.25) is 57.6 Å². The zero-order chi connectivity index (χ0) is 99.7. The minimum absolute atomic E-state index is 0. The summed E-state index contributed by atoms with van der Waals surface area (Å²) in [6, 6.07) is 42.1. The fourth-order valence-corrected chi connectivity index (χ4v) is 10.7. The number of nitrogens with zero attached hydrogens (tertiary/aromatic N) is 2. The number of alkyl carbamates (subject to hydrolysis) is 4. The van der Waals surface area contributed by atoms with E-state index in [0.29, 0.717) is 123 Å². The molecule has 5 aromatic rings. The Morgan fingerprint density at radius 3 is 1.04 bits per heavy atom. The van der Waals surface area contributed by atoms with Crippen molar-refractivity contribution >= 4 is 120 Å². The van der Waals surface area contributed by atoms with Gasteiger partial charge in [-0.25, -0.2) is 33.7 Å². The van der Waals surface area contributed by atoms with Crippen molar-refractivity contribution < 1.29 is 124 Å². The highest BCUT2D eigenvalue weighted by Crippen LogP contribution is 2.46. The van der Waals surface area contributed by atoms with Gasteiger partial charge >= 0.3 is 36.6 Å². The summed E-state index contributed by atoms with van der Waals surface area (Å²) < 4.78 is 30.8. The van der Waals surface area contributed by atoms with Crippen LogP contribution in [0.4, 0.5) is 28.8 Å². The predicted octanol–water partition coefficient (Wildman–Crippen LogP) is 12.0. The van der Waals surface area contributed by atoms with E-state index in [2.05, 4.69) is 86.2 Å². The molecule has 132 heavy (non-hydrogen) atoms. The molecule has 0 spiro atoms. The first-order valence-electron chi connectivity index (χ1n) is 42.4. The number of likely N-dealkylation sites (tertiary alicyclic amines) is 1. The summed E-state index contributed by atoms with van der Waals surface area (Å²) >= 11 is 0. The molecule has 36 nitrogen and oxygen atoms in total. The molecule has 1 aliphatic heterocycles. The number of fused-ring (bicyclic) bond motifs is 6. The Balaban J connectivity index is -0.00000145. The summed E-state index contributed by atoms with van der Waals surface area (Å²) in [5, 5.41) is 14.9. The lowest BCUT2D eigenvalue weighted by molar-refractivity contribution is -0.138. The minimum Gasteiger partial charge on any atom is -0.449 e. The van der Waals surface area contributed by atoms with Gasteiger partial charge < -0.3 is 86.2 Å². The smallest absolute Gasteiger partial charge is 0.419 e. The van der Waals surface area contributed by atoms with E-state index < -0.39 is 53.4 Å². The number of ether oxygens (including phenoxy) is 6.